The van der Waals surface area contributed by atoms with Crippen LogP contribution in [0.2, 0.25) is 0 Å². The molecule has 1 saturated heterocycles. The summed E-state index contributed by atoms with van der Waals surface area (Å²) in [5.41, 5.74) is 0.0878. The average molecular weight is 600 g/mol. The number of carbonyl (C=O) groups is 3. The van der Waals surface area contributed by atoms with E-state index in [4.69, 9.17) is 0 Å². The highest BCUT2D eigenvalue weighted by Crippen LogP contribution is 2.39. The molecule has 9 nitrogen and oxygen atoms in total. The molecule has 0 aromatic heterocycles. The largest absolute Gasteiger partial charge is 0.390 e. The van der Waals surface area contributed by atoms with Gasteiger partial charge < -0.3 is 26.0 Å². The van der Waals surface area contributed by atoms with Gasteiger partial charge in [-0.1, -0.05) is 70.4 Å². The Bertz CT molecular complexity index is 1060. The van der Waals surface area contributed by atoms with Crippen LogP contribution in [0.5, 0.6) is 0 Å². The number of carbonyl (C=O) groups excluding carboxylic acids is 3. The van der Waals surface area contributed by atoms with Crippen LogP contribution >= 0.6 is 0 Å². The molecule has 1 aromatic carbocycles. The lowest BCUT2D eigenvalue weighted by atomic mass is 9.72. The van der Waals surface area contributed by atoms with Crippen molar-refractivity contribution in [2.45, 2.75) is 110 Å². The predicted molar refractivity (Wildman–Crippen MR) is 171 cm³/mol. The highest BCUT2D eigenvalue weighted by molar-refractivity contribution is 5.89. The van der Waals surface area contributed by atoms with E-state index in [1.807, 2.05) is 86.0 Å². The SMILES string of the molecule is CN(C)CC(=O)N[C@H](C(=O)NC(Cc1ccccc1)[C@H](O)CN1CC2CCCC[C@H]2C[C@H]1C(=O)NC(C)(C)C)C(C)(C)C. The summed E-state index contributed by atoms with van der Waals surface area (Å²) >= 11 is 0. The molecule has 2 aliphatic rings. The molecule has 1 aliphatic heterocycles. The molecule has 3 amide bonds. The van der Waals surface area contributed by atoms with E-state index in [2.05, 4.69) is 20.9 Å². The molecule has 0 bridgehead atoms. The Labute approximate surface area is 259 Å². The van der Waals surface area contributed by atoms with Crippen molar-refractivity contribution < 1.29 is 19.5 Å². The fraction of sp³-hybridized carbons (Fsp3) is 0.735. The summed E-state index contributed by atoms with van der Waals surface area (Å²) in [6.45, 7) is 12.9. The molecule has 0 radical (unpaired) electrons. The number of rotatable bonds is 11. The summed E-state index contributed by atoms with van der Waals surface area (Å²) in [5, 5.41) is 21.0. The van der Waals surface area contributed by atoms with Crippen molar-refractivity contribution in [2.24, 2.45) is 17.3 Å². The minimum absolute atomic E-state index is 0.00349. The molecule has 2 unspecified atom stereocenters. The van der Waals surface area contributed by atoms with E-state index < -0.39 is 23.6 Å². The van der Waals surface area contributed by atoms with Crippen molar-refractivity contribution in [3.05, 3.63) is 35.9 Å². The molecular weight excluding hydrogens is 542 g/mol. The standard InChI is InChI=1S/C34H57N5O4/c1-33(2,3)30(36-29(41)22-38(7)8)32(43)35-26(18-23-14-10-9-11-15-23)28(40)21-39-20-25-17-13-12-16-24(25)19-27(39)31(42)37-34(4,5)6/h9-11,14-15,24-28,30,40H,12-13,16-22H2,1-8H3,(H,35,43)(H,36,41)(H,37,42)/t24-,25?,26?,27-,28+,30+/m0/s1. The van der Waals surface area contributed by atoms with Gasteiger partial charge in [-0.05, 0) is 76.9 Å². The number of hydrogen-bond acceptors (Lipinski definition) is 6. The lowest BCUT2D eigenvalue weighted by molar-refractivity contribution is -0.134. The summed E-state index contributed by atoms with van der Waals surface area (Å²) in [7, 11) is 3.62. The molecule has 9 heteroatoms. The van der Waals surface area contributed by atoms with Gasteiger partial charge in [0.25, 0.3) is 0 Å². The molecule has 1 aliphatic carbocycles. The van der Waals surface area contributed by atoms with E-state index in [0.717, 1.165) is 31.4 Å². The summed E-state index contributed by atoms with van der Waals surface area (Å²) in [6.07, 6.45) is 5.01. The number of likely N-dealkylation sites (N-methyl/N-ethyl adjacent to an activating group) is 1. The number of likely N-dealkylation sites (tertiary alicyclic amines) is 1. The topological polar surface area (TPSA) is 114 Å². The number of nitrogens with zero attached hydrogens (tertiary/aromatic N) is 2. The Hall–Kier alpha value is -2.49. The van der Waals surface area contributed by atoms with E-state index in [1.54, 1.807) is 4.90 Å². The van der Waals surface area contributed by atoms with E-state index in [0.29, 0.717) is 18.3 Å². The van der Waals surface area contributed by atoms with Crippen LogP contribution in [0.1, 0.15) is 79.2 Å². The first kappa shape index (κ1) is 35.0. The third-order valence-corrected chi connectivity index (χ3v) is 8.71. The summed E-state index contributed by atoms with van der Waals surface area (Å²) in [5.74, 6) is 0.481. The van der Waals surface area contributed by atoms with Crippen LogP contribution in [0.15, 0.2) is 30.3 Å². The maximum absolute atomic E-state index is 13.8. The molecule has 2 fully saturated rings. The Kier molecular flexibility index (Phi) is 12.2. The quantitative estimate of drug-likeness (QED) is 0.311. The lowest BCUT2D eigenvalue weighted by Crippen LogP contribution is -2.62. The second-order valence-electron chi connectivity index (χ2n) is 15.2. The summed E-state index contributed by atoms with van der Waals surface area (Å²) in [6, 6.07) is 8.08. The van der Waals surface area contributed by atoms with E-state index in [-0.39, 0.29) is 42.4 Å². The van der Waals surface area contributed by atoms with Gasteiger partial charge in [-0.3, -0.25) is 19.3 Å². The Morgan fingerprint density at radius 2 is 1.60 bits per heavy atom. The first-order valence-corrected chi connectivity index (χ1v) is 16.1. The second kappa shape index (κ2) is 15.0. The highest BCUT2D eigenvalue weighted by atomic mass is 16.3. The molecule has 1 aromatic rings. The number of aliphatic hydroxyl groups is 1. The molecule has 43 heavy (non-hydrogen) atoms. The van der Waals surface area contributed by atoms with Gasteiger partial charge in [-0.15, -0.1) is 0 Å². The zero-order chi connectivity index (χ0) is 31.9. The van der Waals surface area contributed by atoms with Crippen LogP contribution < -0.4 is 16.0 Å². The molecular formula is C34H57N5O4. The van der Waals surface area contributed by atoms with Crippen molar-refractivity contribution in [3.63, 3.8) is 0 Å². The highest BCUT2D eigenvalue weighted by Gasteiger charge is 2.42. The fourth-order valence-corrected chi connectivity index (χ4v) is 6.58. The van der Waals surface area contributed by atoms with Crippen molar-refractivity contribution in [1.82, 2.24) is 25.8 Å². The molecule has 3 rings (SSSR count). The number of hydrogen-bond donors (Lipinski definition) is 4. The van der Waals surface area contributed by atoms with Gasteiger partial charge >= 0.3 is 0 Å². The normalized spacial score (nSPS) is 23.5. The first-order chi connectivity index (χ1) is 20.0. The van der Waals surface area contributed by atoms with Gasteiger partial charge in [0.1, 0.15) is 6.04 Å². The van der Waals surface area contributed by atoms with Gasteiger partial charge in [-0.2, -0.15) is 0 Å². The van der Waals surface area contributed by atoms with Gasteiger partial charge in [0.15, 0.2) is 0 Å². The third-order valence-electron chi connectivity index (χ3n) is 8.71. The second-order valence-corrected chi connectivity index (χ2v) is 15.2. The number of fused-ring (bicyclic) bond motifs is 1. The number of aliphatic hydroxyl groups excluding tert-OH is 1. The smallest absolute Gasteiger partial charge is 0.243 e. The Morgan fingerprint density at radius 3 is 2.19 bits per heavy atom. The predicted octanol–water partition coefficient (Wildman–Crippen LogP) is 2.96. The summed E-state index contributed by atoms with van der Waals surface area (Å²) in [4.78, 5) is 43.9. The molecule has 4 N–H and O–H groups in total. The van der Waals surface area contributed by atoms with Crippen molar-refractivity contribution in [2.75, 3.05) is 33.7 Å². The minimum atomic E-state index is -0.924. The first-order valence-electron chi connectivity index (χ1n) is 16.1. The average Bonchev–Trinajstić information content (AvgIpc) is 2.89. The van der Waals surface area contributed by atoms with Crippen LogP contribution in [-0.4, -0.2) is 96.1 Å². The zero-order valence-electron chi connectivity index (χ0n) is 27.8. The third kappa shape index (κ3) is 10.9. The maximum atomic E-state index is 13.8. The number of nitrogens with one attached hydrogen (secondary N) is 3. The monoisotopic (exact) mass is 599 g/mol. The minimum Gasteiger partial charge on any atom is -0.390 e. The van der Waals surface area contributed by atoms with Gasteiger partial charge in [0.05, 0.1) is 24.7 Å². The lowest BCUT2D eigenvalue weighted by Gasteiger charge is -2.47. The van der Waals surface area contributed by atoms with Crippen molar-refractivity contribution >= 4 is 17.7 Å². The van der Waals surface area contributed by atoms with Crippen LogP contribution in [0.3, 0.4) is 0 Å². The zero-order valence-corrected chi connectivity index (χ0v) is 27.8. The van der Waals surface area contributed by atoms with E-state index >= 15 is 0 Å². The van der Waals surface area contributed by atoms with Gasteiger partial charge in [-0.25, -0.2) is 0 Å². The van der Waals surface area contributed by atoms with Gasteiger partial charge in [0, 0.05) is 18.6 Å². The van der Waals surface area contributed by atoms with Crippen LogP contribution in [0.4, 0.5) is 0 Å². The number of piperidine rings is 1. The Balaban J connectivity index is 1.84. The fourth-order valence-electron chi connectivity index (χ4n) is 6.58. The van der Waals surface area contributed by atoms with Crippen molar-refractivity contribution in [1.29, 1.82) is 0 Å². The Morgan fingerprint density at radius 1 is 0.977 bits per heavy atom. The molecule has 0 spiro atoms. The van der Waals surface area contributed by atoms with Crippen LogP contribution in [0, 0.1) is 17.3 Å². The van der Waals surface area contributed by atoms with Crippen molar-refractivity contribution in [3.8, 4) is 0 Å². The number of amides is 3. The molecule has 1 saturated carbocycles. The van der Waals surface area contributed by atoms with Crippen LogP contribution in [0.25, 0.3) is 0 Å². The molecule has 6 atom stereocenters. The van der Waals surface area contributed by atoms with Crippen LogP contribution in [-0.2, 0) is 20.8 Å². The maximum Gasteiger partial charge on any atom is 0.243 e. The number of β-amino-alcohol motifs (C(OH)–C–C–N with tert-alkyl or cyclic N) is 1. The summed E-state index contributed by atoms with van der Waals surface area (Å²) < 4.78 is 0. The molecule has 242 valence electrons. The van der Waals surface area contributed by atoms with Gasteiger partial charge in [0.2, 0.25) is 17.7 Å². The van der Waals surface area contributed by atoms with E-state index in [9.17, 15) is 19.5 Å². The molecule has 1 heterocycles. The van der Waals surface area contributed by atoms with E-state index in [1.165, 1.54) is 12.8 Å². The number of benzene rings is 1.